The van der Waals surface area contributed by atoms with Gasteiger partial charge >= 0.3 is 0 Å². The fourth-order valence-electron chi connectivity index (χ4n) is 2.37. The van der Waals surface area contributed by atoms with E-state index in [1.54, 1.807) is 0 Å². The summed E-state index contributed by atoms with van der Waals surface area (Å²) in [7, 11) is 0. The van der Waals surface area contributed by atoms with Crippen LogP contribution in [-0.4, -0.2) is 22.2 Å². The van der Waals surface area contributed by atoms with E-state index in [4.69, 9.17) is 5.53 Å². The van der Waals surface area contributed by atoms with Crippen LogP contribution in [0.2, 0.25) is 0 Å². The molecule has 0 aromatic carbocycles. The van der Waals surface area contributed by atoms with Crippen molar-refractivity contribution in [3.05, 3.63) is 10.4 Å². The average Bonchev–Trinajstić information content (AvgIpc) is 1.99. The quantitative estimate of drug-likeness (QED) is 0.362. The second-order valence-electron chi connectivity index (χ2n) is 5.19. The van der Waals surface area contributed by atoms with Gasteiger partial charge in [-0.3, -0.25) is 0 Å². The number of hydrogen-bond acceptors (Lipinski definition) is 2. The molecule has 0 aliphatic carbocycles. The van der Waals surface area contributed by atoms with E-state index in [9.17, 15) is 5.21 Å². The van der Waals surface area contributed by atoms with Crippen LogP contribution in [0.3, 0.4) is 0 Å². The molecule has 0 bridgehead atoms. The predicted molar refractivity (Wildman–Crippen MR) is 52.9 cm³/mol. The smallest absolute Gasteiger partial charge is 0.0447 e. The second-order valence-corrected chi connectivity index (χ2v) is 5.19. The van der Waals surface area contributed by atoms with Crippen molar-refractivity contribution >= 4 is 0 Å². The van der Waals surface area contributed by atoms with Crippen LogP contribution >= 0.6 is 0 Å². The standard InChI is InChI=1S/C9H17N4O/c1-8(2)5-7(11-12-10)6-9(3,4)13(8)14/h7H,5-6H2,1-4H3. The molecule has 0 saturated carbocycles. The molecule has 1 saturated heterocycles. The number of rotatable bonds is 1. The van der Waals surface area contributed by atoms with Gasteiger partial charge in [-0.1, -0.05) is 5.11 Å². The molecule has 1 aliphatic heterocycles. The monoisotopic (exact) mass is 197 g/mol. The van der Waals surface area contributed by atoms with Gasteiger partial charge in [-0.2, -0.15) is 0 Å². The van der Waals surface area contributed by atoms with Crippen molar-refractivity contribution in [1.29, 1.82) is 0 Å². The Morgan fingerprint density at radius 1 is 1.29 bits per heavy atom. The van der Waals surface area contributed by atoms with Crippen molar-refractivity contribution in [2.45, 2.75) is 57.7 Å². The predicted octanol–water partition coefficient (Wildman–Crippen LogP) is 2.66. The summed E-state index contributed by atoms with van der Waals surface area (Å²) in [6.07, 6.45) is 1.26. The van der Waals surface area contributed by atoms with Crippen molar-refractivity contribution < 1.29 is 5.21 Å². The molecule has 1 heterocycles. The minimum atomic E-state index is -0.444. The SMILES string of the molecule is CC1(C)CC(N=[N+]=[N-])CC(C)(C)N1[O]. The van der Waals surface area contributed by atoms with Crippen LogP contribution in [0.4, 0.5) is 0 Å². The lowest BCUT2D eigenvalue weighted by Gasteiger charge is -2.48. The average molecular weight is 197 g/mol. The summed E-state index contributed by atoms with van der Waals surface area (Å²) in [6.45, 7) is 7.56. The minimum Gasteiger partial charge on any atom is -0.144 e. The number of nitrogens with zero attached hydrogens (tertiary/aromatic N) is 4. The van der Waals surface area contributed by atoms with Gasteiger partial charge in [0, 0.05) is 22.0 Å². The highest BCUT2D eigenvalue weighted by Crippen LogP contribution is 2.38. The van der Waals surface area contributed by atoms with E-state index in [0.29, 0.717) is 12.8 Å². The lowest BCUT2D eigenvalue weighted by molar-refractivity contribution is -0.288. The highest BCUT2D eigenvalue weighted by molar-refractivity contribution is 4.98. The summed E-state index contributed by atoms with van der Waals surface area (Å²) in [5, 5.41) is 16.8. The van der Waals surface area contributed by atoms with E-state index < -0.39 is 11.1 Å². The first-order valence-electron chi connectivity index (χ1n) is 4.81. The molecule has 1 radical (unpaired) electrons. The third-order valence-corrected chi connectivity index (χ3v) is 2.78. The first kappa shape index (κ1) is 11.3. The topological polar surface area (TPSA) is 71.9 Å². The molecule has 0 spiro atoms. The summed E-state index contributed by atoms with van der Waals surface area (Å²) in [4.78, 5) is 2.82. The molecule has 79 valence electrons. The van der Waals surface area contributed by atoms with Crippen LogP contribution < -0.4 is 0 Å². The van der Waals surface area contributed by atoms with E-state index in [2.05, 4.69) is 10.0 Å². The molecular weight excluding hydrogens is 180 g/mol. The largest absolute Gasteiger partial charge is 0.144 e. The maximum Gasteiger partial charge on any atom is 0.0447 e. The van der Waals surface area contributed by atoms with Crippen molar-refractivity contribution in [2.24, 2.45) is 5.11 Å². The maximum absolute atomic E-state index is 11.9. The van der Waals surface area contributed by atoms with Gasteiger partial charge < -0.3 is 0 Å². The lowest BCUT2D eigenvalue weighted by Crippen LogP contribution is -2.59. The summed E-state index contributed by atoms with van der Waals surface area (Å²) < 4.78 is 0. The second kappa shape index (κ2) is 3.42. The van der Waals surface area contributed by atoms with E-state index in [0.717, 1.165) is 5.06 Å². The Kier molecular flexibility index (Phi) is 2.76. The van der Waals surface area contributed by atoms with Gasteiger partial charge in [0.15, 0.2) is 0 Å². The molecule has 0 atom stereocenters. The van der Waals surface area contributed by atoms with Gasteiger partial charge in [-0.15, -0.1) is 10.3 Å². The van der Waals surface area contributed by atoms with Crippen LogP contribution in [0, 0.1) is 0 Å². The fourth-order valence-corrected chi connectivity index (χ4v) is 2.37. The van der Waals surface area contributed by atoms with Crippen molar-refractivity contribution in [3.63, 3.8) is 0 Å². The normalized spacial score (nSPS) is 26.9. The number of hydrogen-bond donors (Lipinski definition) is 0. The van der Waals surface area contributed by atoms with Gasteiger partial charge in [0.2, 0.25) is 0 Å². The van der Waals surface area contributed by atoms with Crippen LogP contribution in [0.1, 0.15) is 40.5 Å². The molecule has 1 fully saturated rings. The van der Waals surface area contributed by atoms with Gasteiger partial charge in [-0.25, -0.2) is 0 Å². The molecule has 0 aromatic heterocycles. The Morgan fingerprint density at radius 3 is 2.07 bits per heavy atom. The zero-order chi connectivity index (χ0) is 11.0. The highest BCUT2D eigenvalue weighted by Gasteiger charge is 2.45. The Bertz CT molecular complexity index is 250. The Hall–Kier alpha value is -0.770. The molecular formula is C9H17N4O. The summed E-state index contributed by atoms with van der Waals surface area (Å²) in [5.74, 6) is 0. The highest BCUT2D eigenvalue weighted by atomic mass is 16.5. The molecule has 5 heteroatoms. The van der Waals surface area contributed by atoms with E-state index >= 15 is 0 Å². The van der Waals surface area contributed by atoms with E-state index in [1.807, 2.05) is 27.7 Å². The van der Waals surface area contributed by atoms with Crippen LogP contribution in [0.15, 0.2) is 5.11 Å². The van der Waals surface area contributed by atoms with Gasteiger partial charge in [-0.05, 0) is 46.1 Å². The Balaban J connectivity index is 2.91. The third kappa shape index (κ3) is 2.00. The van der Waals surface area contributed by atoms with Crippen molar-refractivity contribution in [2.75, 3.05) is 0 Å². The number of piperidine rings is 1. The summed E-state index contributed by atoms with van der Waals surface area (Å²) in [6, 6.07) is -0.0600. The van der Waals surface area contributed by atoms with Crippen molar-refractivity contribution in [1.82, 2.24) is 5.06 Å². The molecule has 14 heavy (non-hydrogen) atoms. The Morgan fingerprint density at radius 2 is 1.71 bits per heavy atom. The molecule has 5 nitrogen and oxygen atoms in total. The van der Waals surface area contributed by atoms with Crippen LogP contribution in [0.5, 0.6) is 0 Å². The fraction of sp³-hybridized carbons (Fsp3) is 1.00. The van der Waals surface area contributed by atoms with Crippen molar-refractivity contribution in [3.8, 4) is 0 Å². The van der Waals surface area contributed by atoms with Crippen LogP contribution in [-0.2, 0) is 5.21 Å². The zero-order valence-electron chi connectivity index (χ0n) is 9.19. The molecule has 0 N–H and O–H groups in total. The van der Waals surface area contributed by atoms with Crippen LogP contribution in [0.25, 0.3) is 10.4 Å². The maximum atomic E-state index is 11.9. The third-order valence-electron chi connectivity index (χ3n) is 2.78. The minimum absolute atomic E-state index is 0.0600. The van der Waals surface area contributed by atoms with Gasteiger partial charge in [0.25, 0.3) is 0 Å². The summed E-state index contributed by atoms with van der Waals surface area (Å²) in [5.41, 5.74) is 7.50. The molecule has 1 rings (SSSR count). The van der Waals surface area contributed by atoms with Gasteiger partial charge in [0.05, 0.1) is 0 Å². The zero-order valence-corrected chi connectivity index (χ0v) is 9.19. The molecule has 1 aliphatic rings. The van der Waals surface area contributed by atoms with E-state index in [1.165, 1.54) is 0 Å². The van der Waals surface area contributed by atoms with Gasteiger partial charge in [0.1, 0.15) is 0 Å². The molecule has 0 unspecified atom stereocenters. The first-order valence-corrected chi connectivity index (χ1v) is 4.81. The summed E-state index contributed by atoms with van der Waals surface area (Å²) >= 11 is 0. The first-order chi connectivity index (χ1) is 6.29. The molecule has 0 aromatic rings. The molecule has 0 amide bonds. The Labute approximate surface area is 84.3 Å². The lowest BCUT2D eigenvalue weighted by atomic mass is 9.79. The number of azide groups is 1. The van der Waals surface area contributed by atoms with E-state index in [-0.39, 0.29) is 6.04 Å². The number of hydroxylamine groups is 2.